The van der Waals surface area contributed by atoms with E-state index >= 15 is 0 Å². The summed E-state index contributed by atoms with van der Waals surface area (Å²) in [6, 6.07) is 1.29. The molecule has 20 heavy (non-hydrogen) atoms. The number of fused-ring (bicyclic) bond motifs is 1. The number of hydrogen-bond acceptors (Lipinski definition) is 5. The second-order valence-corrected chi connectivity index (χ2v) is 4.97. The molecular weight excluding hydrogens is 260 g/mol. The number of aliphatic carboxylic acids is 1. The molecule has 2 aromatic heterocycles. The van der Waals surface area contributed by atoms with Crippen LogP contribution in [0.25, 0.3) is 5.52 Å². The summed E-state index contributed by atoms with van der Waals surface area (Å²) in [6.45, 7) is 2.41. The summed E-state index contributed by atoms with van der Waals surface area (Å²) >= 11 is 0. The van der Waals surface area contributed by atoms with Crippen LogP contribution in [-0.4, -0.2) is 51.5 Å². The molecule has 7 nitrogen and oxygen atoms in total. The summed E-state index contributed by atoms with van der Waals surface area (Å²) in [6.07, 6.45) is 3.75. The molecule has 1 aliphatic rings. The fourth-order valence-electron chi connectivity index (χ4n) is 2.69. The minimum Gasteiger partial charge on any atom is -0.480 e. The van der Waals surface area contributed by atoms with Crippen molar-refractivity contribution in [3.63, 3.8) is 0 Å². The Hall–Kier alpha value is -2.15. The Morgan fingerprint density at radius 1 is 1.55 bits per heavy atom. The molecule has 2 aromatic rings. The van der Waals surface area contributed by atoms with E-state index in [4.69, 9.17) is 4.74 Å². The maximum Gasteiger partial charge on any atom is 0.326 e. The molecule has 0 bridgehead atoms. The van der Waals surface area contributed by atoms with Crippen molar-refractivity contribution in [3.05, 3.63) is 24.2 Å². The molecule has 0 aliphatic carbocycles. The second kappa shape index (κ2) is 4.75. The normalized spacial score (nSPS) is 22.6. The Labute approximate surface area is 115 Å². The maximum atomic E-state index is 11.4. The molecule has 3 heterocycles. The lowest BCUT2D eigenvalue weighted by atomic mass is 10.2. The summed E-state index contributed by atoms with van der Waals surface area (Å²) in [5, 5.41) is 13.7. The number of aromatic nitrogens is 3. The van der Waals surface area contributed by atoms with E-state index in [1.54, 1.807) is 28.9 Å². The van der Waals surface area contributed by atoms with Gasteiger partial charge in [-0.1, -0.05) is 0 Å². The van der Waals surface area contributed by atoms with E-state index in [1.165, 1.54) is 0 Å². The molecule has 0 saturated carbocycles. The molecule has 7 heteroatoms. The first-order valence-corrected chi connectivity index (χ1v) is 6.43. The van der Waals surface area contributed by atoms with Crippen molar-refractivity contribution in [2.24, 2.45) is 0 Å². The summed E-state index contributed by atoms with van der Waals surface area (Å²) in [5.74, 6) is -0.218. The highest BCUT2D eigenvalue weighted by Gasteiger charge is 2.38. The van der Waals surface area contributed by atoms with E-state index in [1.807, 2.05) is 13.0 Å². The first kappa shape index (κ1) is 12.9. The number of methoxy groups -OCH3 is 1. The molecule has 1 N–H and O–H groups in total. The van der Waals surface area contributed by atoms with Gasteiger partial charge in [-0.2, -0.15) is 5.10 Å². The summed E-state index contributed by atoms with van der Waals surface area (Å²) < 4.78 is 7.02. The van der Waals surface area contributed by atoms with Gasteiger partial charge in [-0.25, -0.2) is 14.3 Å². The lowest BCUT2D eigenvalue weighted by molar-refractivity contribution is -0.138. The molecular formula is C13H16N4O3. The van der Waals surface area contributed by atoms with Crippen molar-refractivity contribution < 1.29 is 14.6 Å². The van der Waals surface area contributed by atoms with Crippen LogP contribution in [0.1, 0.15) is 12.1 Å². The number of carboxylic acid groups (broad SMARTS) is 1. The smallest absolute Gasteiger partial charge is 0.326 e. The largest absolute Gasteiger partial charge is 0.480 e. The lowest BCUT2D eigenvalue weighted by Gasteiger charge is -2.22. The number of anilines is 1. The van der Waals surface area contributed by atoms with Crippen LogP contribution in [0.15, 0.2) is 18.5 Å². The topological polar surface area (TPSA) is 80.0 Å². The van der Waals surface area contributed by atoms with Crippen LogP contribution in [0.3, 0.4) is 0 Å². The quantitative estimate of drug-likeness (QED) is 0.889. The summed E-state index contributed by atoms with van der Waals surface area (Å²) in [7, 11) is 1.60. The highest BCUT2D eigenvalue weighted by molar-refractivity contribution is 5.82. The first-order chi connectivity index (χ1) is 9.60. The van der Waals surface area contributed by atoms with Crippen molar-refractivity contribution in [2.75, 3.05) is 18.6 Å². The second-order valence-electron chi connectivity index (χ2n) is 4.97. The van der Waals surface area contributed by atoms with Gasteiger partial charge in [0.1, 0.15) is 11.6 Å². The third kappa shape index (κ3) is 2.00. The number of carbonyl (C=O) groups is 1. The van der Waals surface area contributed by atoms with E-state index in [2.05, 4.69) is 10.1 Å². The van der Waals surface area contributed by atoms with Gasteiger partial charge >= 0.3 is 5.97 Å². The van der Waals surface area contributed by atoms with E-state index in [9.17, 15) is 9.90 Å². The van der Waals surface area contributed by atoms with E-state index < -0.39 is 12.0 Å². The van der Waals surface area contributed by atoms with Crippen molar-refractivity contribution in [1.29, 1.82) is 0 Å². The first-order valence-electron chi connectivity index (χ1n) is 6.43. The Kier molecular flexibility index (Phi) is 3.06. The molecule has 2 atom stereocenters. The molecule has 1 aliphatic heterocycles. The predicted molar refractivity (Wildman–Crippen MR) is 71.9 cm³/mol. The average molecular weight is 276 g/mol. The van der Waals surface area contributed by atoms with Crippen LogP contribution in [0, 0.1) is 6.92 Å². The minimum absolute atomic E-state index is 0.0952. The monoisotopic (exact) mass is 276 g/mol. The SMILES string of the molecule is COC1CC(C(=O)O)N(c2nccn3nc(C)cc23)C1. The van der Waals surface area contributed by atoms with Crippen LogP contribution in [0.4, 0.5) is 5.82 Å². The fraction of sp³-hybridized carbons (Fsp3) is 0.462. The van der Waals surface area contributed by atoms with Crippen LogP contribution < -0.4 is 4.90 Å². The van der Waals surface area contributed by atoms with Crippen LogP contribution >= 0.6 is 0 Å². The van der Waals surface area contributed by atoms with Crippen LogP contribution in [-0.2, 0) is 9.53 Å². The summed E-state index contributed by atoms with van der Waals surface area (Å²) in [4.78, 5) is 17.6. The molecule has 106 valence electrons. The van der Waals surface area contributed by atoms with Gasteiger partial charge < -0.3 is 14.7 Å². The molecule has 0 radical (unpaired) electrons. The zero-order valence-corrected chi connectivity index (χ0v) is 11.4. The van der Waals surface area contributed by atoms with Crippen molar-refractivity contribution in [3.8, 4) is 0 Å². The van der Waals surface area contributed by atoms with Gasteiger partial charge in [-0.15, -0.1) is 0 Å². The third-order valence-electron chi connectivity index (χ3n) is 3.64. The van der Waals surface area contributed by atoms with Crippen molar-refractivity contribution >= 4 is 17.3 Å². The van der Waals surface area contributed by atoms with Gasteiger partial charge in [-0.05, 0) is 13.0 Å². The minimum atomic E-state index is -0.857. The maximum absolute atomic E-state index is 11.4. The number of carboxylic acids is 1. The lowest BCUT2D eigenvalue weighted by Crippen LogP contribution is -2.36. The number of rotatable bonds is 3. The Morgan fingerprint density at radius 2 is 2.35 bits per heavy atom. The third-order valence-corrected chi connectivity index (χ3v) is 3.64. The molecule has 1 saturated heterocycles. The van der Waals surface area contributed by atoms with Crippen LogP contribution in [0.5, 0.6) is 0 Å². The van der Waals surface area contributed by atoms with Gasteiger partial charge in [0.05, 0.1) is 11.8 Å². The van der Waals surface area contributed by atoms with Crippen molar-refractivity contribution in [2.45, 2.75) is 25.5 Å². The van der Waals surface area contributed by atoms with Gasteiger partial charge in [-0.3, -0.25) is 0 Å². The Morgan fingerprint density at radius 3 is 3.05 bits per heavy atom. The summed E-state index contributed by atoms with van der Waals surface area (Å²) in [5.41, 5.74) is 1.68. The Balaban J connectivity index is 2.06. The number of aryl methyl sites for hydroxylation is 1. The van der Waals surface area contributed by atoms with Crippen LogP contribution in [0.2, 0.25) is 0 Å². The number of hydrogen-bond donors (Lipinski definition) is 1. The zero-order valence-electron chi connectivity index (χ0n) is 11.4. The highest BCUT2D eigenvalue weighted by atomic mass is 16.5. The molecule has 0 amide bonds. The molecule has 0 spiro atoms. The zero-order chi connectivity index (χ0) is 14.3. The number of nitrogens with zero attached hydrogens (tertiary/aromatic N) is 4. The molecule has 3 rings (SSSR count). The van der Waals surface area contributed by atoms with Gasteiger partial charge in [0.25, 0.3) is 0 Å². The fourth-order valence-corrected chi connectivity index (χ4v) is 2.69. The van der Waals surface area contributed by atoms with E-state index in [-0.39, 0.29) is 6.10 Å². The Bertz CT molecular complexity index is 654. The van der Waals surface area contributed by atoms with E-state index in [0.29, 0.717) is 18.8 Å². The average Bonchev–Trinajstić information content (AvgIpc) is 2.99. The molecule has 0 aromatic carbocycles. The van der Waals surface area contributed by atoms with Gasteiger partial charge in [0.15, 0.2) is 5.82 Å². The van der Waals surface area contributed by atoms with Gasteiger partial charge in [0, 0.05) is 32.5 Å². The highest BCUT2D eigenvalue weighted by Crippen LogP contribution is 2.29. The molecule has 2 unspecified atom stereocenters. The van der Waals surface area contributed by atoms with Crippen molar-refractivity contribution in [1.82, 2.24) is 14.6 Å². The standard InChI is InChI=1S/C13H16N4O3/c1-8-5-10-12(14-3-4-17(10)15-8)16-7-9(20-2)6-11(16)13(18)19/h3-5,9,11H,6-7H2,1-2H3,(H,18,19). The molecule has 1 fully saturated rings. The predicted octanol–water partition coefficient (Wildman–Crippen LogP) is 0.716. The van der Waals surface area contributed by atoms with E-state index in [0.717, 1.165) is 11.2 Å². The number of ether oxygens (including phenoxy) is 1. The van der Waals surface area contributed by atoms with Gasteiger partial charge in [0.2, 0.25) is 0 Å².